The van der Waals surface area contributed by atoms with Crippen molar-refractivity contribution >= 4 is 32.2 Å². The molecule has 4 N–H and O–H groups in total. The fraction of sp³-hybridized carbons (Fsp3) is 0.125. The number of thiophene rings is 1. The number of anilines is 2. The van der Waals surface area contributed by atoms with Crippen molar-refractivity contribution in [2.45, 2.75) is 6.92 Å². The number of nitrogens with two attached hydrogens (primary N) is 2. The van der Waals surface area contributed by atoms with Gasteiger partial charge >= 0.3 is 0 Å². The molecule has 0 aromatic carbocycles. The molecule has 0 aliphatic rings. The Balaban J connectivity index is 2.89. The molecule has 2 aromatic rings. The van der Waals surface area contributed by atoms with Crippen LogP contribution in [-0.4, -0.2) is 4.98 Å². The molecule has 0 atom stereocenters. The lowest BCUT2D eigenvalue weighted by Crippen LogP contribution is -1.90. The zero-order valence-electron chi connectivity index (χ0n) is 6.97. The van der Waals surface area contributed by atoms with Crippen LogP contribution in [0.5, 0.6) is 0 Å². The summed E-state index contributed by atoms with van der Waals surface area (Å²) in [5.41, 5.74) is 12.0. The van der Waals surface area contributed by atoms with Crippen LogP contribution in [0.4, 0.5) is 15.1 Å². The molecule has 2 aromatic heterocycles. The molecule has 3 nitrogen and oxygen atoms in total. The van der Waals surface area contributed by atoms with Gasteiger partial charge in [0.1, 0.15) is 15.6 Å². The Kier molecular flexibility index (Phi) is 1.63. The second kappa shape index (κ2) is 2.56. The van der Waals surface area contributed by atoms with Crippen LogP contribution in [0, 0.1) is 12.7 Å². The van der Waals surface area contributed by atoms with E-state index in [2.05, 4.69) is 4.98 Å². The zero-order valence-corrected chi connectivity index (χ0v) is 7.78. The molecule has 0 saturated carbocycles. The smallest absolute Gasteiger partial charge is 0.145 e. The largest absolute Gasteiger partial charge is 0.396 e. The van der Waals surface area contributed by atoms with E-state index in [0.717, 1.165) is 0 Å². The number of hydrogen-bond acceptors (Lipinski definition) is 4. The van der Waals surface area contributed by atoms with Gasteiger partial charge in [0.05, 0.1) is 11.4 Å². The number of rotatable bonds is 0. The minimum Gasteiger partial charge on any atom is -0.396 e. The van der Waals surface area contributed by atoms with Crippen molar-refractivity contribution < 1.29 is 4.39 Å². The quantitative estimate of drug-likeness (QED) is 0.678. The molecule has 2 heterocycles. The number of pyridine rings is 1. The number of hydrogen-bond donors (Lipinski definition) is 2. The maximum absolute atomic E-state index is 13.1. The number of fused-ring (bicyclic) bond motifs is 1. The van der Waals surface area contributed by atoms with E-state index in [1.54, 1.807) is 6.92 Å². The summed E-state index contributed by atoms with van der Waals surface area (Å²) in [6.45, 7) is 1.61. The van der Waals surface area contributed by atoms with E-state index in [1.165, 1.54) is 17.4 Å². The molecule has 68 valence electrons. The summed E-state index contributed by atoms with van der Waals surface area (Å²) in [4.78, 5) is 4.73. The van der Waals surface area contributed by atoms with Gasteiger partial charge in [-0.2, -0.15) is 0 Å². The standard InChI is InChI=1S/C8H8FN3S/c1-3-5(9)2-4-6(10)7(11)13-8(4)12-3/h2H,10-11H2,1H3. The maximum atomic E-state index is 13.1. The Morgan fingerprint density at radius 3 is 2.85 bits per heavy atom. The van der Waals surface area contributed by atoms with Gasteiger partial charge < -0.3 is 11.5 Å². The van der Waals surface area contributed by atoms with Crippen molar-refractivity contribution in [1.29, 1.82) is 0 Å². The third-order valence-electron chi connectivity index (χ3n) is 1.88. The number of nitrogens with zero attached hydrogens (tertiary/aromatic N) is 1. The van der Waals surface area contributed by atoms with Crippen LogP contribution in [0.3, 0.4) is 0 Å². The zero-order chi connectivity index (χ0) is 9.59. The second-order valence-corrected chi connectivity index (χ2v) is 3.82. The van der Waals surface area contributed by atoms with E-state index in [-0.39, 0.29) is 5.82 Å². The van der Waals surface area contributed by atoms with E-state index >= 15 is 0 Å². The van der Waals surface area contributed by atoms with Gasteiger partial charge in [0.25, 0.3) is 0 Å². The Morgan fingerprint density at radius 2 is 2.15 bits per heavy atom. The molecule has 0 unspecified atom stereocenters. The van der Waals surface area contributed by atoms with Crippen LogP contribution in [0.15, 0.2) is 6.07 Å². The van der Waals surface area contributed by atoms with Gasteiger partial charge in [-0.05, 0) is 13.0 Å². The lowest BCUT2D eigenvalue weighted by Gasteiger charge is -1.95. The minimum atomic E-state index is -0.350. The highest BCUT2D eigenvalue weighted by atomic mass is 32.1. The van der Waals surface area contributed by atoms with E-state index in [0.29, 0.717) is 26.6 Å². The van der Waals surface area contributed by atoms with Crippen molar-refractivity contribution in [3.8, 4) is 0 Å². The Labute approximate surface area is 78.2 Å². The molecular weight excluding hydrogens is 189 g/mol. The van der Waals surface area contributed by atoms with Crippen molar-refractivity contribution in [1.82, 2.24) is 4.98 Å². The molecule has 0 bridgehead atoms. The highest BCUT2D eigenvalue weighted by molar-refractivity contribution is 7.23. The molecule has 0 spiro atoms. The number of halogens is 1. The third kappa shape index (κ3) is 1.12. The first-order chi connectivity index (χ1) is 6.09. The number of nitrogen functional groups attached to an aromatic ring is 2. The van der Waals surface area contributed by atoms with Gasteiger partial charge in [-0.3, -0.25) is 0 Å². The van der Waals surface area contributed by atoms with Crippen LogP contribution in [0.1, 0.15) is 5.69 Å². The van der Waals surface area contributed by atoms with Crippen molar-refractivity contribution in [3.05, 3.63) is 17.6 Å². The summed E-state index contributed by atoms with van der Waals surface area (Å²) >= 11 is 1.28. The van der Waals surface area contributed by atoms with E-state index in [1.807, 2.05) is 0 Å². The summed E-state index contributed by atoms with van der Waals surface area (Å²) < 4.78 is 13.1. The van der Waals surface area contributed by atoms with Crippen molar-refractivity contribution in [2.75, 3.05) is 11.5 Å². The highest BCUT2D eigenvalue weighted by Gasteiger charge is 2.10. The normalized spacial score (nSPS) is 10.9. The topological polar surface area (TPSA) is 64.9 Å². The first-order valence-electron chi connectivity index (χ1n) is 3.70. The fourth-order valence-electron chi connectivity index (χ4n) is 1.12. The van der Waals surface area contributed by atoms with Crippen LogP contribution in [0.2, 0.25) is 0 Å². The summed E-state index contributed by atoms with van der Waals surface area (Å²) in [6, 6.07) is 1.37. The van der Waals surface area contributed by atoms with Gasteiger partial charge in [-0.15, -0.1) is 0 Å². The highest BCUT2D eigenvalue weighted by Crippen LogP contribution is 2.34. The first kappa shape index (κ1) is 8.25. The Hall–Kier alpha value is -1.36. The van der Waals surface area contributed by atoms with Gasteiger partial charge in [-0.25, -0.2) is 9.37 Å². The predicted octanol–water partition coefficient (Wildman–Crippen LogP) is 1.91. The van der Waals surface area contributed by atoms with Gasteiger partial charge in [-0.1, -0.05) is 11.3 Å². The van der Waals surface area contributed by atoms with Crippen LogP contribution >= 0.6 is 11.3 Å². The molecule has 0 aliphatic heterocycles. The summed E-state index contributed by atoms with van der Waals surface area (Å²) in [5.74, 6) is -0.350. The van der Waals surface area contributed by atoms with Crippen LogP contribution in [0.25, 0.3) is 10.2 Å². The van der Waals surface area contributed by atoms with Gasteiger partial charge in [0, 0.05) is 5.39 Å². The average molecular weight is 197 g/mol. The lowest BCUT2D eigenvalue weighted by atomic mass is 10.2. The molecule has 0 saturated heterocycles. The Morgan fingerprint density at radius 1 is 1.46 bits per heavy atom. The minimum absolute atomic E-state index is 0.350. The lowest BCUT2D eigenvalue weighted by molar-refractivity contribution is 0.613. The fourth-order valence-corrected chi connectivity index (χ4v) is 2.01. The van der Waals surface area contributed by atoms with E-state index in [9.17, 15) is 4.39 Å². The van der Waals surface area contributed by atoms with Gasteiger partial charge in [0.15, 0.2) is 0 Å². The average Bonchev–Trinajstić information content (AvgIpc) is 2.32. The molecule has 2 rings (SSSR count). The summed E-state index contributed by atoms with van der Waals surface area (Å²) in [6.07, 6.45) is 0. The van der Waals surface area contributed by atoms with Crippen molar-refractivity contribution in [2.24, 2.45) is 0 Å². The Bertz CT molecular complexity index is 478. The summed E-state index contributed by atoms with van der Waals surface area (Å²) in [5, 5.41) is 1.10. The molecule has 5 heteroatoms. The second-order valence-electron chi connectivity index (χ2n) is 2.79. The first-order valence-corrected chi connectivity index (χ1v) is 4.52. The molecule has 0 radical (unpaired) electrons. The van der Waals surface area contributed by atoms with E-state index in [4.69, 9.17) is 11.5 Å². The number of aryl methyl sites for hydroxylation is 1. The third-order valence-corrected chi connectivity index (χ3v) is 2.82. The van der Waals surface area contributed by atoms with Crippen LogP contribution < -0.4 is 11.5 Å². The predicted molar refractivity (Wildman–Crippen MR) is 53.1 cm³/mol. The molecule has 13 heavy (non-hydrogen) atoms. The van der Waals surface area contributed by atoms with Crippen LogP contribution in [-0.2, 0) is 0 Å². The molecular formula is C8H8FN3S. The summed E-state index contributed by atoms with van der Waals surface area (Å²) in [7, 11) is 0. The van der Waals surface area contributed by atoms with Gasteiger partial charge in [0.2, 0.25) is 0 Å². The maximum Gasteiger partial charge on any atom is 0.145 e. The number of aromatic nitrogens is 1. The van der Waals surface area contributed by atoms with Crippen molar-refractivity contribution in [3.63, 3.8) is 0 Å². The SMILES string of the molecule is Cc1nc2sc(N)c(N)c2cc1F. The monoisotopic (exact) mass is 197 g/mol. The molecule has 0 amide bonds. The van der Waals surface area contributed by atoms with E-state index < -0.39 is 0 Å². The molecule has 0 fully saturated rings. The molecule has 0 aliphatic carbocycles.